The Kier molecular flexibility index (Phi) is 6.02. The van der Waals surface area contributed by atoms with E-state index < -0.39 is 47.1 Å². The maximum atomic E-state index is 13.5. The molecule has 3 atom stereocenters. The number of ether oxygens (including phenoxy) is 1. The van der Waals surface area contributed by atoms with Crippen LogP contribution in [0.25, 0.3) is 0 Å². The lowest BCUT2D eigenvalue weighted by Crippen LogP contribution is -2.61. The molecule has 0 aliphatic carbocycles. The number of hydrogen-bond donors (Lipinski definition) is 3. The molecule has 3 unspecified atom stereocenters. The van der Waals surface area contributed by atoms with Crippen LogP contribution in [0.2, 0.25) is 0 Å². The summed E-state index contributed by atoms with van der Waals surface area (Å²) in [4.78, 5) is 12.6. The first-order valence-corrected chi connectivity index (χ1v) is 9.85. The van der Waals surface area contributed by atoms with E-state index in [2.05, 4.69) is 10.0 Å². The number of aliphatic hydroxyl groups is 1. The van der Waals surface area contributed by atoms with Gasteiger partial charge >= 0.3 is 6.18 Å². The fraction of sp³-hybridized carbons (Fsp3) is 0.263. The van der Waals surface area contributed by atoms with Gasteiger partial charge in [0.1, 0.15) is 40.4 Å². The molecule has 1 aromatic heterocycles. The lowest BCUT2D eigenvalue weighted by molar-refractivity contribution is -0.245. The van der Waals surface area contributed by atoms with Gasteiger partial charge < -0.3 is 19.7 Å². The summed E-state index contributed by atoms with van der Waals surface area (Å²) in [5.74, 6) is -0.648. The molecular weight excluding hydrogens is 456 g/mol. The van der Waals surface area contributed by atoms with E-state index in [4.69, 9.17) is 16.4 Å². The summed E-state index contributed by atoms with van der Waals surface area (Å²) in [5.41, 5.74) is -4.15. The predicted molar refractivity (Wildman–Crippen MR) is 103 cm³/mol. The van der Waals surface area contributed by atoms with E-state index in [0.29, 0.717) is 0 Å². The van der Waals surface area contributed by atoms with Crippen LogP contribution in [0.15, 0.2) is 29.3 Å². The molecule has 0 bridgehead atoms. The third kappa shape index (κ3) is 3.93. The summed E-state index contributed by atoms with van der Waals surface area (Å²) < 4.78 is 74.7. The predicted octanol–water partition coefficient (Wildman–Crippen LogP) is 1.59. The van der Waals surface area contributed by atoms with E-state index in [9.17, 15) is 31.7 Å². The molecule has 0 saturated carbocycles. The van der Waals surface area contributed by atoms with Crippen molar-refractivity contribution >= 4 is 22.6 Å². The number of nitrogens with zero attached hydrogens (tertiary/aromatic N) is 2. The average Bonchev–Trinajstić information content (AvgIpc) is 2.98. The fourth-order valence-corrected chi connectivity index (χ4v) is 4.17. The number of aryl methyl sites for hydroxylation is 1. The van der Waals surface area contributed by atoms with Gasteiger partial charge in [-0.15, -0.1) is 6.42 Å². The first-order valence-electron chi connectivity index (χ1n) is 8.70. The zero-order valence-electron chi connectivity index (χ0n) is 16.2. The maximum absolute atomic E-state index is 13.5. The van der Waals surface area contributed by atoms with Crippen LogP contribution in [0.4, 0.5) is 23.2 Å². The van der Waals surface area contributed by atoms with Crippen molar-refractivity contribution in [2.75, 3.05) is 11.9 Å². The number of anilines is 1. The first kappa shape index (κ1) is 23.3. The van der Waals surface area contributed by atoms with Crippen LogP contribution in [-0.4, -0.2) is 44.2 Å². The van der Waals surface area contributed by atoms with Gasteiger partial charge in [-0.1, -0.05) is 5.92 Å². The number of nitrogens with one attached hydrogen (secondary N) is 2. The van der Waals surface area contributed by atoms with Crippen molar-refractivity contribution in [3.05, 3.63) is 41.5 Å². The zero-order chi connectivity index (χ0) is 23.8. The van der Waals surface area contributed by atoms with Crippen LogP contribution in [0.1, 0.15) is 16.1 Å². The van der Waals surface area contributed by atoms with Gasteiger partial charge in [0.15, 0.2) is 11.4 Å². The number of alkyl halides is 3. The number of carbonyl (C=O) groups excluding carboxylic acids is 1. The Morgan fingerprint density at radius 3 is 2.75 bits per heavy atom. The number of terminal acetylenes is 1. The van der Waals surface area contributed by atoms with E-state index >= 15 is 0 Å². The normalized spacial score (nSPS) is 20.0. The summed E-state index contributed by atoms with van der Waals surface area (Å²) in [6.07, 6.45) is 0.832. The molecule has 1 aromatic carbocycles. The van der Waals surface area contributed by atoms with Crippen LogP contribution in [-0.2, 0) is 18.0 Å². The first-order chi connectivity index (χ1) is 14.9. The fourth-order valence-electron chi connectivity index (χ4n) is 2.97. The van der Waals surface area contributed by atoms with Gasteiger partial charge in [-0.2, -0.15) is 18.4 Å². The lowest BCUT2D eigenvalue weighted by atomic mass is 9.95. The summed E-state index contributed by atoms with van der Waals surface area (Å²) in [7, 11) is -0.927. The molecule has 3 N–H and O–H groups in total. The monoisotopic (exact) mass is 470 g/mol. The van der Waals surface area contributed by atoms with Crippen LogP contribution in [0.5, 0.6) is 5.75 Å². The minimum atomic E-state index is -5.26. The van der Waals surface area contributed by atoms with Crippen molar-refractivity contribution in [1.29, 1.82) is 5.26 Å². The van der Waals surface area contributed by atoms with Crippen molar-refractivity contribution in [3.8, 4) is 24.2 Å². The van der Waals surface area contributed by atoms with E-state index in [-0.39, 0.29) is 27.6 Å². The summed E-state index contributed by atoms with van der Waals surface area (Å²) in [6.45, 7) is -0.863. The number of halogens is 4. The Morgan fingerprint density at radius 1 is 1.47 bits per heavy atom. The minimum absolute atomic E-state index is 0.0624. The number of amides is 1. The van der Waals surface area contributed by atoms with E-state index in [0.717, 1.165) is 12.1 Å². The number of hydrogen-bond acceptors (Lipinski definition) is 5. The van der Waals surface area contributed by atoms with Crippen molar-refractivity contribution in [1.82, 2.24) is 9.29 Å². The van der Waals surface area contributed by atoms with Crippen molar-refractivity contribution in [2.24, 2.45) is 7.05 Å². The average molecular weight is 470 g/mol. The second-order valence-electron chi connectivity index (χ2n) is 6.70. The summed E-state index contributed by atoms with van der Waals surface area (Å²) >= 11 is 0. The molecule has 13 heteroatoms. The molecule has 1 amide bonds. The highest BCUT2D eigenvalue weighted by Gasteiger charge is 2.59. The Hall–Kier alpha value is -3.39. The molecule has 168 valence electrons. The quantitative estimate of drug-likeness (QED) is 0.466. The molecule has 0 saturated heterocycles. The highest BCUT2D eigenvalue weighted by Crippen LogP contribution is 2.37. The van der Waals surface area contributed by atoms with Crippen molar-refractivity contribution < 1.29 is 36.4 Å². The standard InChI is InChI=1S/C19H14F4N4O4S/c1-3-18(29,19(21,22)23)14-9-31-16-13(32(30)26-14)8-27(2)15(16)17(28)25-11-4-5-12(20)10(6-11)7-24/h1,4-6,8,14,26,29H,9H2,2H3,(H,25,28). The van der Waals surface area contributed by atoms with Gasteiger partial charge in [-0.05, 0) is 18.2 Å². The second-order valence-corrected chi connectivity index (χ2v) is 7.91. The molecule has 1 aliphatic rings. The van der Waals surface area contributed by atoms with Gasteiger partial charge in [-0.3, -0.25) is 4.79 Å². The Morgan fingerprint density at radius 2 is 2.16 bits per heavy atom. The third-order valence-corrected chi connectivity index (χ3v) is 5.85. The van der Waals surface area contributed by atoms with E-state index in [1.165, 1.54) is 29.8 Å². The molecule has 3 rings (SSSR count). The molecule has 0 spiro atoms. The van der Waals surface area contributed by atoms with Gasteiger partial charge in [0.2, 0.25) is 5.60 Å². The van der Waals surface area contributed by atoms with Gasteiger partial charge in [0, 0.05) is 18.9 Å². The SMILES string of the molecule is C#CC(O)(C1COc2c(cn(C)c2C(=O)Nc2ccc(F)c(C#N)c2)S(=O)N1)C(F)(F)F. The molecule has 2 aromatic rings. The number of nitriles is 1. The summed E-state index contributed by atoms with van der Waals surface area (Å²) in [5, 5.41) is 21.3. The molecule has 0 radical (unpaired) electrons. The van der Waals surface area contributed by atoms with Gasteiger partial charge in [0.05, 0.1) is 5.56 Å². The molecule has 2 heterocycles. The largest absolute Gasteiger partial charge is 0.488 e. The van der Waals surface area contributed by atoms with Gasteiger partial charge in [0.25, 0.3) is 5.91 Å². The van der Waals surface area contributed by atoms with Crippen LogP contribution in [0, 0.1) is 29.5 Å². The number of fused-ring (bicyclic) bond motifs is 1. The van der Waals surface area contributed by atoms with Crippen LogP contribution >= 0.6 is 0 Å². The van der Waals surface area contributed by atoms with Crippen molar-refractivity contribution in [2.45, 2.75) is 22.7 Å². The number of carbonyl (C=O) groups is 1. The van der Waals surface area contributed by atoms with Crippen molar-refractivity contribution in [3.63, 3.8) is 0 Å². The Bertz CT molecular complexity index is 1200. The molecule has 32 heavy (non-hydrogen) atoms. The molecular formula is C19H14F4N4O4S. The Balaban J connectivity index is 1.94. The maximum Gasteiger partial charge on any atom is 0.430 e. The molecule has 1 aliphatic heterocycles. The van der Waals surface area contributed by atoms with Crippen LogP contribution in [0.3, 0.4) is 0 Å². The highest BCUT2D eigenvalue weighted by molar-refractivity contribution is 7.83. The third-order valence-electron chi connectivity index (χ3n) is 4.66. The second kappa shape index (κ2) is 8.27. The topological polar surface area (TPSA) is 116 Å². The Labute approximate surface area is 181 Å². The number of rotatable bonds is 3. The highest BCUT2D eigenvalue weighted by atomic mass is 32.2. The zero-order valence-corrected chi connectivity index (χ0v) is 17.0. The molecule has 8 nitrogen and oxygen atoms in total. The lowest BCUT2D eigenvalue weighted by Gasteiger charge is -2.32. The van der Waals surface area contributed by atoms with E-state index in [1.807, 2.05) is 0 Å². The minimum Gasteiger partial charge on any atom is -0.488 e. The molecule has 0 fully saturated rings. The van der Waals surface area contributed by atoms with Crippen LogP contribution < -0.4 is 14.8 Å². The summed E-state index contributed by atoms with van der Waals surface area (Å²) in [6, 6.07) is 2.87. The van der Waals surface area contributed by atoms with E-state index in [1.54, 1.807) is 6.07 Å². The number of aromatic nitrogens is 1. The smallest absolute Gasteiger partial charge is 0.430 e. The van der Waals surface area contributed by atoms with Gasteiger partial charge in [-0.25, -0.2) is 13.3 Å². The number of benzene rings is 1.